The number of aliphatic hydroxyl groups excluding tert-OH is 6. The van der Waals surface area contributed by atoms with Crippen molar-refractivity contribution in [2.24, 2.45) is 5.73 Å². The van der Waals surface area contributed by atoms with E-state index in [4.69, 9.17) is 73.7 Å². The van der Waals surface area contributed by atoms with Gasteiger partial charge in [-0.3, -0.25) is 19.3 Å². The maximum atomic E-state index is 13.9. The zero-order valence-corrected chi connectivity index (χ0v) is 36.7. The van der Waals surface area contributed by atoms with E-state index in [0.717, 1.165) is 11.0 Å². The number of ketones is 1. The van der Waals surface area contributed by atoms with Crippen LogP contribution in [0.5, 0.6) is 0 Å². The fourth-order valence-electron chi connectivity index (χ4n) is 7.39. The molecule has 0 radical (unpaired) electrons. The predicted octanol–water partition coefficient (Wildman–Crippen LogP) is 1.31. The van der Waals surface area contributed by atoms with Crippen molar-refractivity contribution in [3.05, 3.63) is 94.3 Å². The number of carbonyl (C=O) groups is 3. The first-order valence-electron chi connectivity index (χ1n) is 20.0. The third-order valence-electron chi connectivity index (χ3n) is 10.7. The van der Waals surface area contributed by atoms with Crippen molar-refractivity contribution in [1.29, 1.82) is 0 Å². The molecule has 0 bridgehead atoms. The second kappa shape index (κ2) is 23.3. The number of alkyl halides is 1. The van der Waals surface area contributed by atoms with Gasteiger partial charge in [0, 0.05) is 17.2 Å². The van der Waals surface area contributed by atoms with E-state index in [1.165, 1.54) is 19.3 Å². The van der Waals surface area contributed by atoms with Gasteiger partial charge < -0.3 is 69.5 Å². The molecular formula is C42H53Cl3N2O16. The minimum absolute atomic E-state index is 0.0293. The molecule has 5 rings (SSSR count). The van der Waals surface area contributed by atoms with Crippen molar-refractivity contribution in [1.82, 2.24) is 4.90 Å². The van der Waals surface area contributed by atoms with Crippen LogP contribution in [0.1, 0.15) is 26.7 Å². The molecule has 16 atom stereocenters. The zero-order valence-electron chi connectivity index (χ0n) is 34.4. The summed E-state index contributed by atoms with van der Waals surface area (Å²) in [6, 6.07) is -1.63. The van der Waals surface area contributed by atoms with E-state index in [0.29, 0.717) is 16.5 Å². The number of primary amides is 1. The summed E-state index contributed by atoms with van der Waals surface area (Å²) >= 11 is 18.8. The topological polar surface area (TPSA) is 266 Å². The Bertz CT molecular complexity index is 1890. The lowest BCUT2D eigenvalue weighted by Crippen LogP contribution is -2.65. The maximum absolute atomic E-state index is 13.9. The number of allylic oxidation sites excluding steroid dienone is 13. The van der Waals surface area contributed by atoms with Gasteiger partial charge in [-0.15, -0.1) is 11.6 Å². The van der Waals surface area contributed by atoms with Crippen molar-refractivity contribution in [3.63, 3.8) is 0 Å². The minimum Gasteiger partial charge on any atom is -0.507 e. The van der Waals surface area contributed by atoms with Gasteiger partial charge >= 0.3 is 0 Å². The Labute approximate surface area is 378 Å². The minimum atomic E-state index is -1.86. The van der Waals surface area contributed by atoms with Crippen LogP contribution >= 0.6 is 34.8 Å². The molecule has 5 fully saturated rings. The number of carbonyl (C=O) groups excluding carboxylic acids is 3. The van der Waals surface area contributed by atoms with E-state index >= 15 is 0 Å². The summed E-state index contributed by atoms with van der Waals surface area (Å²) in [5, 5.41) is 65.5. The molecule has 2 amide bonds. The van der Waals surface area contributed by atoms with Gasteiger partial charge in [-0.05, 0) is 44.6 Å². The Morgan fingerprint density at radius 1 is 0.825 bits per heavy atom. The van der Waals surface area contributed by atoms with Crippen molar-refractivity contribution in [2.75, 3.05) is 20.3 Å². The summed E-state index contributed by atoms with van der Waals surface area (Å²) in [6.07, 6.45) is 1.43. The average Bonchev–Trinajstić information content (AvgIpc) is 3.81. The number of Topliss-reactive ketones (excluding diaryl/α,β-unsaturated/α-hetero) is 1. The number of halogens is 3. The number of amides is 2. The predicted molar refractivity (Wildman–Crippen MR) is 226 cm³/mol. The van der Waals surface area contributed by atoms with Gasteiger partial charge in [0.05, 0.1) is 37.2 Å². The summed E-state index contributed by atoms with van der Waals surface area (Å²) in [6.45, 7) is 2.55. The fourth-order valence-corrected chi connectivity index (χ4v) is 8.32. The molecule has 0 aliphatic carbocycles. The summed E-state index contributed by atoms with van der Waals surface area (Å²) in [5.74, 6) is -3.87. The number of nitrogens with zero attached hydrogens (tertiary/aromatic N) is 1. The number of hydrogen-bond donors (Lipinski definition) is 7. The lowest BCUT2D eigenvalue weighted by Gasteiger charge is -2.46. The van der Waals surface area contributed by atoms with E-state index in [1.54, 1.807) is 61.6 Å². The highest BCUT2D eigenvalue weighted by Gasteiger charge is 2.56. The lowest BCUT2D eigenvalue weighted by atomic mass is 10.0. The van der Waals surface area contributed by atoms with Crippen molar-refractivity contribution >= 4 is 52.4 Å². The van der Waals surface area contributed by atoms with Crippen molar-refractivity contribution in [3.8, 4) is 0 Å². The molecule has 0 aromatic rings. The second-order valence-electron chi connectivity index (χ2n) is 15.3. The van der Waals surface area contributed by atoms with Crippen molar-refractivity contribution < 1.29 is 78.2 Å². The molecule has 5 saturated heterocycles. The SMILES string of the molecule is COC1C(OC2COC(OC3C(O)C(O)COC3N3C(=O)C(=C(O)C=CC=CC=CC=CC=C(Cl)C=CC=C(Cl)C4OC(C)CC4Cl)C(=O)C3CC(N)=O)C(O)C2O)OC(C)C1O. The van der Waals surface area contributed by atoms with Crippen LogP contribution in [0.4, 0.5) is 0 Å². The average molecular weight is 948 g/mol. The third-order valence-corrected chi connectivity index (χ3v) is 11.7. The number of rotatable bonds is 16. The summed E-state index contributed by atoms with van der Waals surface area (Å²) in [4.78, 5) is 40.5. The van der Waals surface area contributed by atoms with Gasteiger partial charge in [-0.25, -0.2) is 0 Å². The van der Waals surface area contributed by atoms with Crippen LogP contribution < -0.4 is 5.73 Å². The standard InChI is InChI=1S/C42H53Cl3N2O16/c1-20-16-24(45)36(60-20)23(44)14-11-13-22(43)12-9-7-5-4-6-8-10-15-26(48)30-32(52)25(17-29(46)50)47(39(30)56)40-37(33(53)27(49)18-58-40)63-41-35(55)34(54)28(19-59-41)62-42-38(57-3)31(51)21(2)61-42/h4-15,20-21,24-25,27-28,31,33-38,40-42,48-49,51,53-55H,16-19H2,1-3H3,(H2,46,50). The molecule has 0 spiro atoms. The number of nitrogens with two attached hydrogens (primary N) is 1. The summed E-state index contributed by atoms with van der Waals surface area (Å²) in [7, 11) is 1.34. The molecule has 16 unspecified atom stereocenters. The molecule has 0 aromatic heterocycles. The molecule has 21 heteroatoms. The van der Waals surface area contributed by atoms with Gasteiger partial charge in [0.25, 0.3) is 5.91 Å². The van der Waals surface area contributed by atoms with E-state index in [-0.39, 0.29) is 17.6 Å². The molecule has 5 aliphatic heterocycles. The quantitative estimate of drug-likeness (QED) is 0.0378. The normalized spacial score (nSPS) is 39.4. The van der Waals surface area contributed by atoms with Crippen LogP contribution in [-0.2, 0) is 47.5 Å². The largest absolute Gasteiger partial charge is 0.507 e. The van der Waals surface area contributed by atoms with Crippen LogP contribution in [0.2, 0.25) is 0 Å². The number of ether oxygens (including phenoxy) is 7. The highest BCUT2D eigenvalue weighted by molar-refractivity contribution is 6.32. The Morgan fingerprint density at radius 3 is 2.16 bits per heavy atom. The Morgan fingerprint density at radius 2 is 1.51 bits per heavy atom. The Kier molecular flexibility index (Phi) is 18.7. The molecular weight excluding hydrogens is 895 g/mol. The molecule has 5 heterocycles. The van der Waals surface area contributed by atoms with Crippen LogP contribution in [-0.4, -0.2) is 171 Å². The molecule has 5 aliphatic rings. The van der Waals surface area contributed by atoms with Gasteiger partial charge in [-0.1, -0.05) is 71.8 Å². The first-order valence-corrected chi connectivity index (χ1v) is 21.2. The molecule has 0 aromatic carbocycles. The second-order valence-corrected chi connectivity index (χ2v) is 16.7. The van der Waals surface area contributed by atoms with Gasteiger partial charge in [0.15, 0.2) is 24.6 Å². The first-order chi connectivity index (χ1) is 29.9. The van der Waals surface area contributed by atoms with Crippen LogP contribution in [0.3, 0.4) is 0 Å². The number of aliphatic hydroxyl groups is 6. The van der Waals surface area contributed by atoms with E-state index in [2.05, 4.69) is 0 Å². The number of hydrogen-bond acceptors (Lipinski definition) is 16. The maximum Gasteiger partial charge on any atom is 0.264 e. The number of methoxy groups -OCH3 is 1. The zero-order chi connectivity index (χ0) is 46.1. The van der Waals surface area contributed by atoms with E-state index in [9.17, 15) is 45.0 Å². The highest BCUT2D eigenvalue weighted by Crippen LogP contribution is 2.36. The Hall–Kier alpha value is -3.28. The van der Waals surface area contributed by atoms with Crippen molar-refractivity contribution in [2.45, 2.75) is 124 Å². The molecule has 348 valence electrons. The van der Waals surface area contributed by atoms with Gasteiger partial charge in [0.1, 0.15) is 72.3 Å². The molecule has 18 nitrogen and oxygen atoms in total. The molecule has 8 N–H and O–H groups in total. The fraction of sp³-hybridized carbons (Fsp3) is 0.548. The summed E-state index contributed by atoms with van der Waals surface area (Å²) in [5.41, 5.74) is 4.72. The van der Waals surface area contributed by atoms with E-state index < -0.39 is 128 Å². The van der Waals surface area contributed by atoms with Gasteiger partial charge in [0.2, 0.25) is 5.91 Å². The lowest BCUT2D eigenvalue weighted by molar-refractivity contribution is -0.338. The van der Waals surface area contributed by atoms with Crippen LogP contribution in [0.15, 0.2) is 94.3 Å². The van der Waals surface area contributed by atoms with Gasteiger partial charge in [-0.2, -0.15) is 0 Å². The Balaban J connectivity index is 1.22. The highest BCUT2D eigenvalue weighted by atomic mass is 35.5. The van der Waals surface area contributed by atoms with Crippen LogP contribution in [0.25, 0.3) is 0 Å². The van der Waals surface area contributed by atoms with E-state index in [1.807, 2.05) is 6.92 Å². The smallest absolute Gasteiger partial charge is 0.264 e. The third kappa shape index (κ3) is 12.5. The molecule has 0 saturated carbocycles. The molecule has 63 heavy (non-hydrogen) atoms. The first kappa shape index (κ1) is 50.7. The van der Waals surface area contributed by atoms with Crippen LogP contribution in [0, 0.1) is 0 Å². The number of likely N-dealkylation sites (tertiary alicyclic amines) is 1. The monoisotopic (exact) mass is 946 g/mol. The summed E-state index contributed by atoms with van der Waals surface area (Å²) < 4.78 is 39.5.